The van der Waals surface area contributed by atoms with Crippen molar-refractivity contribution in [2.75, 3.05) is 0 Å². The van der Waals surface area contributed by atoms with E-state index in [-0.39, 0.29) is 0 Å². The van der Waals surface area contributed by atoms with Crippen molar-refractivity contribution in [1.82, 2.24) is 0 Å². The Bertz CT molecular complexity index is 655. The van der Waals surface area contributed by atoms with E-state index in [1.165, 1.54) is 89.0 Å². The summed E-state index contributed by atoms with van der Waals surface area (Å²) in [6.45, 7) is 0. The maximum atomic E-state index is 11.9. The van der Waals surface area contributed by atoms with Crippen LogP contribution in [0.25, 0.3) is 0 Å². The van der Waals surface area contributed by atoms with Gasteiger partial charge in [-0.25, -0.2) is 4.39 Å². The first-order valence-electron chi connectivity index (χ1n) is 12.5. The maximum Gasteiger partial charge on any atom is 0.0991 e. The minimum Gasteiger partial charge on any atom is -0.216 e. The number of hydrogen-bond donors (Lipinski definition) is 0. The first-order valence-corrected chi connectivity index (χ1v) is 12.5. The topological polar surface area (TPSA) is 23.8 Å². The van der Waals surface area contributed by atoms with E-state index in [1.54, 1.807) is 6.08 Å². The van der Waals surface area contributed by atoms with Crippen LogP contribution in [0, 0.1) is 29.1 Å². The zero-order valence-electron chi connectivity index (χ0n) is 18.7. The smallest absolute Gasteiger partial charge is 0.0991 e. The molecule has 0 saturated heterocycles. The molecule has 2 aliphatic rings. The SMILES string of the molecule is N#Cc1ccc([C@H]2CC[C@H](CC[C@H]3CC[C@H](CCCCC/C=C/F)CC3)CC2)cc1. The third-order valence-electron chi connectivity index (χ3n) is 7.88. The van der Waals surface area contributed by atoms with Crippen LogP contribution < -0.4 is 0 Å². The molecule has 1 nitrogen and oxygen atoms in total. The van der Waals surface area contributed by atoms with Crippen LogP contribution in [-0.4, -0.2) is 0 Å². The molecule has 0 radical (unpaired) electrons. The minimum absolute atomic E-state index is 0.683. The highest BCUT2D eigenvalue weighted by Crippen LogP contribution is 2.40. The average molecular weight is 410 g/mol. The van der Waals surface area contributed by atoms with Gasteiger partial charge >= 0.3 is 0 Å². The van der Waals surface area contributed by atoms with Gasteiger partial charge in [0.1, 0.15) is 0 Å². The summed E-state index contributed by atoms with van der Waals surface area (Å²) in [5.74, 6) is 3.58. The van der Waals surface area contributed by atoms with Gasteiger partial charge in [0.15, 0.2) is 0 Å². The summed E-state index contributed by atoms with van der Waals surface area (Å²) < 4.78 is 11.9. The maximum absolute atomic E-state index is 11.9. The Labute approximate surface area is 183 Å². The van der Waals surface area contributed by atoms with Crippen molar-refractivity contribution >= 4 is 0 Å². The third kappa shape index (κ3) is 7.57. The second-order valence-corrected chi connectivity index (χ2v) is 9.92. The summed E-state index contributed by atoms with van der Waals surface area (Å²) in [6.07, 6.45) is 22.5. The standard InChI is InChI=1S/C28H40FN/c29-21-5-3-1-2-4-6-23-7-9-24(10-8-23)11-12-25-13-17-27(18-14-25)28-19-15-26(22-30)16-20-28/h5,15-16,19-21,23-25,27H,1-4,6-14,17-18H2/b21-5+/t23-,24-,25-,27-. The minimum atomic E-state index is 0.683. The van der Waals surface area contributed by atoms with E-state index in [4.69, 9.17) is 5.26 Å². The predicted octanol–water partition coefficient (Wildman–Crippen LogP) is 8.85. The summed E-state index contributed by atoms with van der Waals surface area (Å²) in [4.78, 5) is 0. The molecule has 3 rings (SSSR count). The zero-order valence-corrected chi connectivity index (χ0v) is 18.7. The monoisotopic (exact) mass is 409 g/mol. The Kier molecular flexibility index (Phi) is 9.94. The molecular weight excluding hydrogens is 369 g/mol. The van der Waals surface area contributed by atoms with Crippen molar-refractivity contribution in [2.45, 2.75) is 102 Å². The molecule has 0 N–H and O–H groups in total. The van der Waals surface area contributed by atoms with E-state index < -0.39 is 0 Å². The number of allylic oxidation sites excluding steroid dienone is 1. The molecule has 0 aliphatic heterocycles. The van der Waals surface area contributed by atoms with Gasteiger partial charge in [0.25, 0.3) is 0 Å². The Hall–Kier alpha value is -1.62. The number of nitriles is 1. The van der Waals surface area contributed by atoms with Gasteiger partial charge < -0.3 is 0 Å². The van der Waals surface area contributed by atoms with Gasteiger partial charge in [-0.2, -0.15) is 5.26 Å². The van der Waals surface area contributed by atoms with Crippen LogP contribution in [0.3, 0.4) is 0 Å². The molecule has 0 unspecified atom stereocenters. The number of nitrogens with zero attached hydrogens (tertiary/aromatic N) is 1. The molecule has 30 heavy (non-hydrogen) atoms. The van der Waals surface area contributed by atoms with Crippen molar-refractivity contribution in [3.63, 3.8) is 0 Å². The molecule has 2 saturated carbocycles. The Morgan fingerprint density at radius 2 is 1.33 bits per heavy atom. The van der Waals surface area contributed by atoms with Crippen molar-refractivity contribution in [3.05, 3.63) is 47.8 Å². The van der Waals surface area contributed by atoms with Crippen molar-refractivity contribution in [3.8, 4) is 6.07 Å². The molecule has 0 bridgehead atoms. The van der Waals surface area contributed by atoms with Crippen LogP contribution in [0.2, 0.25) is 0 Å². The predicted molar refractivity (Wildman–Crippen MR) is 124 cm³/mol. The lowest BCUT2D eigenvalue weighted by molar-refractivity contribution is 0.222. The van der Waals surface area contributed by atoms with Crippen LogP contribution >= 0.6 is 0 Å². The molecule has 164 valence electrons. The van der Waals surface area contributed by atoms with Gasteiger partial charge in [-0.3, -0.25) is 0 Å². The third-order valence-corrected chi connectivity index (χ3v) is 7.88. The van der Waals surface area contributed by atoms with Crippen LogP contribution in [0.5, 0.6) is 0 Å². The largest absolute Gasteiger partial charge is 0.216 e. The zero-order chi connectivity index (χ0) is 21.0. The normalized spacial score (nSPS) is 27.2. The molecule has 2 aliphatic carbocycles. The molecule has 0 spiro atoms. The van der Waals surface area contributed by atoms with Gasteiger partial charge in [0, 0.05) is 0 Å². The number of hydrogen-bond acceptors (Lipinski definition) is 1. The van der Waals surface area contributed by atoms with Gasteiger partial charge in [0.2, 0.25) is 0 Å². The number of halogens is 1. The Morgan fingerprint density at radius 1 is 0.767 bits per heavy atom. The number of rotatable bonds is 10. The van der Waals surface area contributed by atoms with E-state index in [1.807, 2.05) is 12.1 Å². The van der Waals surface area contributed by atoms with E-state index >= 15 is 0 Å². The first kappa shape index (κ1) is 23.1. The summed E-state index contributed by atoms with van der Waals surface area (Å²) in [5, 5.41) is 8.97. The van der Waals surface area contributed by atoms with E-state index in [0.717, 1.165) is 36.2 Å². The summed E-state index contributed by atoms with van der Waals surface area (Å²) in [7, 11) is 0. The average Bonchev–Trinajstić information content (AvgIpc) is 2.81. The van der Waals surface area contributed by atoms with Crippen molar-refractivity contribution in [1.29, 1.82) is 5.26 Å². The molecular formula is C28H40FN. The van der Waals surface area contributed by atoms with Crippen molar-refractivity contribution < 1.29 is 4.39 Å². The quantitative estimate of drug-likeness (QED) is 0.354. The fourth-order valence-electron chi connectivity index (χ4n) is 5.83. The lowest BCUT2D eigenvalue weighted by Crippen LogP contribution is -2.17. The fraction of sp³-hybridized carbons (Fsp3) is 0.679. The highest BCUT2D eigenvalue weighted by Gasteiger charge is 2.25. The number of unbranched alkanes of at least 4 members (excludes halogenated alkanes) is 3. The molecule has 2 heteroatoms. The van der Waals surface area contributed by atoms with Gasteiger partial charge in [-0.1, -0.05) is 76.0 Å². The molecule has 2 fully saturated rings. The second-order valence-electron chi connectivity index (χ2n) is 9.92. The second kappa shape index (κ2) is 12.9. The highest BCUT2D eigenvalue weighted by molar-refractivity contribution is 5.33. The van der Waals surface area contributed by atoms with Gasteiger partial charge in [0.05, 0.1) is 18.0 Å². The molecule has 0 atom stereocenters. The van der Waals surface area contributed by atoms with Crippen LogP contribution in [0.1, 0.15) is 113 Å². The van der Waals surface area contributed by atoms with E-state index in [9.17, 15) is 4.39 Å². The molecule has 1 aromatic rings. The molecule has 0 aromatic heterocycles. The Balaban J connectivity index is 1.25. The summed E-state index contributed by atoms with van der Waals surface area (Å²) >= 11 is 0. The first-order chi connectivity index (χ1) is 14.8. The number of benzene rings is 1. The van der Waals surface area contributed by atoms with Gasteiger partial charge in [-0.15, -0.1) is 0 Å². The van der Waals surface area contributed by atoms with E-state index in [0.29, 0.717) is 12.2 Å². The highest BCUT2D eigenvalue weighted by atomic mass is 19.1. The van der Waals surface area contributed by atoms with Gasteiger partial charge in [-0.05, 0) is 79.9 Å². The van der Waals surface area contributed by atoms with E-state index in [2.05, 4.69) is 18.2 Å². The molecule has 0 amide bonds. The summed E-state index contributed by atoms with van der Waals surface area (Å²) in [5.41, 5.74) is 2.21. The molecule has 1 aromatic carbocycles. The van der Waals surface area contributed by atoms with Crippen LogP contribution in [-0.2, 0) is 0 Å². The lowest BCUT2D eigenvalue weighted by atomic mass is 9.74. The van der Waals surface area contributed by atoms with Crippen molar-refractivity contribution in [2.24, 2.45) is 17.8 Å². The lowest BCUT2D eigenvalue weighted by Gasteiger charge is -2.32. The van der Waals surface area contributed by atoms with Crippen LogP contribution in [0.15, 0.2) is 36.7 Å². The molecule has 0 heterocycles. The fourth-order valence-corrected chi connectivity index (χ4v) is 5.83. The van der Waals surface area contributed by atoms with Crippen LogP contribution in [0.4, 0.5) is 4.39 Å². The Morgan fingerprint density at radius 3 is 1.90 bits per heavy atom. The summed E-state index contributed by atoms with van der Waals surface area (Å²) in [6, 6.07) is 10.5.